The molecule has 0 bridgehead atoms. The van der Waals surface area contributed by atoms with Gasteiger partial charge in [0, 0.05) is 13.0 Å². The third kappa shape index (κ3) is 3.68. The highest BCUT2D eigenvalue weighted by atomic mass is 19.1. The normalized spacial score (nSPS) is 12.1. The number of halogens is 1. The molecule has 0 unspecified atom stereocenters. The number of hydrogen-bond acceptors (Lipinski definition) is 4. The summed E-state index contributed by atoms with van der Waals surface area (Å²) in [5, 5.41) is 10.7. The molecule has 124 valence electrons. The van der Waals surface area contributed by atoms with Crippen molar-refractivity contribution >= 4 is 5.91 Å². The lowest BCUT2D eigenvalue weighted by atomic mass is 10.1. The van der Waals surface area contributed by atoms with Crippen molar-refractivity contribution in [2.45, 2.75) is 19.4 Å². The predicted octanol–water partition coefficient (Wildman–Crippen LogP) is 2.59. The molecule has 1 amide bonds. The highest BCUT2D eigenvalue weighted by molar-refractivity contribution is 5.91. The van der Waals surface area contributed by atoms with Crippen molar-refractivity contribution in [2.24, 2.45) is 0 Å². The van der Waals surface area contributed by atoms with Crippen LogP contribution in [0.3, 0.4) is 0 Å². The average molecular weight is 328 g/mol. The number of benzene rings is 1. The lowest BCUT2D eigenvalue weighted by Gasteiger charge is -2.11. The van der Waals surface area contributed by atoms with Crippen LogP contribution < -0.4 is 5.32 Å². The number of carbonyl (C=O) groups excluding carboxylic acids is 1. The van der Waals surface area contributed by atoms with Crippen LogP contribution in [0.4, 0.5) is 4.39 Å². The van der Waals surface area contributed by atoms with Gasteiger partial charge in [0.1, 0.15) is 11.6 Å². The molecule has 24 heavy (non-hydrogen) atoms. The van der Waals surface area contributed by atoms with E-state index in [0.29, 0.717) is 13.0 Å². The molecule has 0 saturated carbocycles. The number of nitrogens with one attached hydrogen (secondary N) is 1. The molecule has 0 spiro atoms. The van der Waals surface area contributed by atoms with Gasteiger partial charge >= 0.3 is 0 Å². The van der Waals surface area contributed by atoms with Crippen LogP contribution >= 0.6 is 0 Å². The Morgan fingerprint density at radius 1 is 1.33 bits per heavy atom. The van der Waals surface area contributed by atoms with E-state index < -0.39 is 0 Å². The topological polar surface area (TPSA) is 73.0 Å². The summed E-state index contributed by atoms with van der Waals surface area (Å²) in [5.41, 5.74) is 1.12. The zero-order valence-electron chi connectivity index (χ0n) is 13.1. The average Bonchev–Trinajstić information content (AvgIpc) is 3.26. The van der Waals surface area contributed by atoms with E-state index in [0.717, 1.165) is 11.3 Å². The second kappa shape index (κ2) is 7.08. The van der Waals surface area contributed by atoms with E-state index in [1.54, 1.807) is 35.3 Å². The van der Waals surface area contributed by atoms with E-state index in [-0.39, 0.29) is 23.5 Å². The lowest BCUT2D eigenvalue weighted by Crippen LogP contribution is -2.26. The van der Waals surface area contributed by atoms with Crippen molar-refractivity contribution in [1.82, 2.24) is 20.3 Å². The molecule has 7 heteroatoms. The van der Waals surface area contributed by atoms with Crippen LogP contribution in [0.5, 0.6) is 0 Å². The highest BCUT2D eigenvalue weighted by Crippen LogP contribution is 2.17. The first-order valence-electron chi connectivity index (χ1n) is 7.61. The number of hydrogen-bond donors (Lipinski definition) is 1. The predicted molar refractivity (Wildman–Crippen MR) is 85.0 cm³/mol. The number of nitrogens with zero attached hydrogens (tertiary/aromatic N) is 3. The van der Waals surface area contributed by atoms with Gasteiger partial charge in [0.15, 0.2) is 5.69 Å². The fourth-order valence-corrected chi connectivity index (χ4v) is 2.31. The first-order chi connectivity index (χ1) is 11.6. The summed E-state index contributed by atoms with van der Waals surface area (Å²) in [7, 11) is 0. The van der Waals surface area contributed by atoms with Gasteiger partial charge in [0.2, 0.25) is 0 Å². The minimum absolute atomic E-state index is 0.150. The van der Waals surface area contributed by atoms with Crippen molar-refractivity contribution in [2.75, 3.05) is 6.54 Å². The van der Waals surface area contributed by atoms with Crippen LogP contribution in [-0.2, 0) is 6.42 Å². The maximum atomic E-state index is 13.0. The van der Waals surface area contributed by atoms with Crippen molar-refractivity contribution in [3.05, 3.63) is 71.7 Å². The zero-order chi connectivity index (χ0) is 16.9. The monoisotopic (exact) mass is 328 g/mol. The van der Waals surface area contributed by atoms with Gasteiger partial charge in [0.05, 0.1) is 18.5 Å². The SMILES string of the molecule is C[C@@H](c1ccc(F)cc1)n1cc(C(=O)NCCc2ccco2)nn1. The molecule has 2 heterocycles. The molecule has 0 radical (unpaired) electrons. The van der Waals surface area contributed by atoms with Crippen LogP contribution in [0.25, 0.3) is 0 Å². The molecule has 0 aliphatic heterocycles. The first-order valence-corrected chi connectivity index (χ1v) is 7.61. The van der Waals surface area contributed by atoms with Crippen LogP contribution in [0.2, 0.25) is 0 Å². The van der Waals surface area contributed by atoms with Gasteiger partial charge in [-0.25, -0.2) is 9.07 Å². The fourth-order valence-electron chi connectivity index (χ4n) is 2.31. The Labute approximate surface area is 138 Å². The number of aromatic nitrogens is 3. The van der Waals surface area contributed by atoms with Crippen molar-refractivity contribution < 1.29 is 13.6 Å². The van der Waals surface area contributed by atoms with Gasteiger partial charge in [-0.2, -0.15) is 0 Å². The van der Waals surface area contributed by atoms with Gasteiger partial charge < -0.3 is 9.73 Å². The van der Waals surface area contributed by atoms with Crippen LogP contribution in [0.1, 0.15) is 34.8 Å². The maximum Gasteiger partial charge on any atom is 0.273 e. The minimum Gasteiger partial charge on any atom is -0.469 e. The van der Waals surface area contributed by atoms with E-state index in [4.69, 9.17) is 4.42 Å². The van der Waals surface area contributed by atoms with Gasteiger partial charge in [-0.3, -0.25) is 4.79 Å². The maximum absolute atomic E-state index is 13.0. The molecule has 2 aromatic heterocycles. The van der Waals surface area contributed by atoms with Gasteiger partial charge in [0.25, 0.3) is 5.91 Å². The number of furan rings is 1. The number of amides is 1. The van der Waals surface area contributed by atoms with Crippen molar-refractivity contribution in [3.63, 3.8) is 0 Å². The zero-order valence-corrected chi connectivity index (χ0v) is 13.1. The molecule has 6 nitrogen and oxygen atoms in total. The van der Waals surface area contributed by atoms with Gasteiger partial charge in [-0.05, 0) is 36.8 Å². The van der Waals surface area contributed by atoms with Gasteiger partial charge in [-0.1, -0.05) is 17.3 Å². The summed E-state index contributed by atoms with van der Waals surface area (Å²) in [5.74, 6) is 0.226. The summed E-state index contributed by atoms with van der Waals surface area (Å²) in [6.07, 6.45) is 3.79. The smallest absolute Gasteiger partial charge is 0.273 e. The highest BCUT2D eigenvalue weighted by Gasteiger charge is 2.14. The Balaban J connectivity index is 1.59. The Morgan fingerprint density at radius 3 is 2.83 bits per heavy atom. The molecular weight excluding hydrogens is 311 g/mol. The van der Waals surface area contributed by atoms with Crippen LogP contribution in [0.15, 0.2) is 53.3 Å². The standard InChI is InChI=1S/C17H17FN4O2/c1-12(13-4-6-14(18)7-5-13)22-11-16(20-21-22)17(23)19-9-8-15-3-2-10-24-15/h2-7,10-12H,8-9H2,1H3,(H,19,23)/t12-/m0/s1. The Bertz CT molecular complexity index is 796. The fraction of sp³-hybridized carbons (Fsp3) is 0.235. The second-order valence-electron chi connectivity index (χ2n) is 5.40. The summed E-state index contributed by atoms with van der Waals surface area (Å²) in [4.78, 5) is 12.1. The molecule has 0 aliphatic carbocycles. The molecular formula is C17H17FN4O2. The van der Waals surface area contributed by atoms with Crippen LogP contribution in [-0.4, -0.2) is 27.4 Å². The molecule has 1 aromatic carbocycles. The minimum atomic E-state index is -0.292. The molecule has 0 aliphatic rings. The van der Waals surface area contributed by atoms with E-state index >= 15 is 0 Å². The van der Waals surface area contributed by atoms with E-state index in [2.05, 4.69) is 15.6 Å². The number of carbonyl (C=O) groups is 1. The van der Waals surface area contributed by atoms with Crippen molar-refractivity contribution in [1.29, 1.82) is 0 Å². The Hall–Kier alpha value is -2.96. The second-order valence-corrected chi connectivity index (χ2v) is 5.40. The lowest BCUT2D eigenvalue weighted by molar-refractivity contribution is 0.0948. The Morgan fingerprint density at radius 2 is 2.12 bits per heavy atom. The summed E-state index contributed by atoms with van der Waals surface area (Å²) < 4.78 is 19.8. The third-order valence-electron chi connectivity index (χ3n) is 3.73. The van der Waals surface area contributed by atoms with E-state index in [1.807, 2.05) is 13.0 Å². The molecule has 3 aromatic rings. The summed E-state index contributed by atoms with van der Waals surface area (Å²) >= 11 is 0. The molecule has 0 fully saturated rings. The van der Waals surface area contributed by atoms with E-state index in [1.165, 1.54) is 12.1 Å². The molecule has 1 atom stereocenters. The quantitative estimate of drug-likeness (QED) is 0.755. The number of rotatable bonds is 6. The third-order valence-corrected chi connectivity index (χ3v) is 3.73. The van der Waals surface area contributed by atoms with E-state index in [9.17, 15) is 9.18 Å². The Kier molecular flexibility index (Phi) is 4.69. The van der Waals surface area contributed by atoms with Crippen LogP contribution in [0, 0.1) is 5.82 Å². The van der Waals surface area contributed by atoms with Crippen molar-refractivity contribution in [3.8, 4) is 0 Å². The molecule has 0 saturated heterocycles. The summed E-state index contributed by atoms with van der Waals surface area (Å²) in [6, 6.07) is 9.67. The summed E-state index contributed by atoms with van der Waals surface area (Å²) in [6.45, 7) is 2.35. The molecule has 3 rings (SSSR count). The molecule has 1 N–H and O–H groups in total. The largest absolute Gasteiger partial charge is 0.469 e. The first kappa shape index (κ1) is 15.9. The van der Waals surface area contributed by atoms with Gasteiger partial charge in [-0.15, -0.1) is 5.10 Å².